The zero-order valence-electron chi connectivity index (χ0n) is 12.2. The van der Waals surface area contributed by atoms with E-state index in [-0.39, 0.29) is 11.8 Å². The Hall–Kier alpha value is -2.66. The normalized spacial score (nSPS) is 11.5. The highest BCUT2D eigenvalue weighted by Crippen LogP contribution is 2.21. The van der Waals surface area contributed by atoms with Gasteiger partial charge in [0.2, 0.25) is 5.91 Å². The van der Waals surface area contributed by atoms with Crippen molar-refractivity contribution in [1.29, 1.82) is 0 Å². The monoisotopic (exact) mass is 298 g/mol. The number of amides is 2. The maximum absolute atomic E-state index is 12.4. The lowest BCUT2D eigenvalue weighted by atomic mass is 9.95. The second kappa shape index (κ2) is 7.38. The smallest absolute Gasteiger partial charge is 0.274 e. The molecule has 0 spiro atoms. The summed E-state index contributed by atoms with van der Waals surface area (Å²) < 4.78 is 0. The summed E-state index contributed by atoms with van der Waals surface area (Å²) in [6, 6.07) is 15.9. The zero-order valence-corrected chi connectivity index (χ0v) is 12.2. The van der Waals surface area contributed by atoms with Crippen LogP contribution in [-0.4, -0.2) is 17.0 Å². The third-order valence-corrected chi connectivity index (χ3v) is 3.44. The van der Waals surface area contributed by atoms with Crippen molar-refractivity contribution < 1.29 is 14.8 Å². The molecule has 5 heteroatoms. The van der Waals surface area contributed by atoms with Crippen LogP contribution in [-0.2, 0) is 4.79 Å². The number of nitrogens with one attached hydrogen (secondary N) is 2. The molecule has 0 bridgehead atoms. The van der Waals surface area contributed by atoms with Gasteiger partial charge in [-0.05, 0) is 36.2 Å². The fourth-order valence-corrected chi connectivity index (χ4v) is 2.26. The molecule has 0 aliphatic carbocycles. The fourth-order valence-electron chi connectivity index (χ4n) is 2.26. The molecule has 3 N–H and O–H groups in total. The topological polar surface area (TPSA) is 78.4 Å². The van der Waals surface area contributed by atoms with Gasteiger partial charge in [0, 0.05) is 11.3 Å². The Kier molecular flexibility index (Phi) is 5.27. The quantitative estimate of drug-likeness (QED) is 0.586. The van der Waals surface area contributed by atoms with E-state index in [0.29, 0.717) is 17.7 Å². The molecular weight excluding hydrogens is 280 g/mol. The highest BCUT2D eigenvalue weighted by atomic mass is 16.5. The third-order valence-electron chi connectivity index (χ3n) is 3.44. The van der Waals surface area contributed by atoms with Crippen molar-refractivity contribution in [1.82, 2.24) is 5.48 Å². The van der Waals surface area contributed by atoms with Gasteiger partial charge in [0.1, 0.15) is 0 Å². The van der Waals surface area contributed by atoms with Crippen molar-refractivity contribution in [3.8, 4) is 0 Å². The summed E-state index contributed by atoms with van der Waals surface area (Å²) in [5, 5.41) is 11.4. The number of hydrogen-bond donors (Lipinski definition) is 3. The number of anilines is 1. The molecule has 0 saturated heterocycles. The third kappa shape index (κ3) is 3.71. The lowest BCUT2D eigenvalue weighted by Gasteiger charge is -2.15. The molecule has 0 aliphatic heterocycles. The first kappa shape index (κ1) is 15.7. The van der Waals surface area contributed by atoms with Crippen LogP contribution in [0.4, 0.5) is 5.69 Å². The minimum absolute atomic E-state index is 0.0898. The van der Waals surface area contributed by atoms with E-state index < -0.39 is 5.91 Å². The largest absolute Gasteiger partial charge is 0.326 e. The van der Waals surface area contributed by atoms with Crippen LogP contribution in [0.3, 0.4) is 0 Å². The van der Waals surface area contributed by atoms with Gasteiger partial charge in [0.05, 0.1) is 5.92 Å². The molecule has 1 atom stereocenters. The van der Waals surface area contributed by atoms with Gasteiger partial charge < -0.3 is 5.32 Å². The first-order chi connectivity index (χ1) is 10.7. The number of hydrogen-bond acceptors (Lipinski definition) is 3. The van der Waals surface area contributed by atoms with Crippen molar-refractivity contribution in [3.05, 3.63) is 65.7 Å². The molecule has 0 heterocycles. The first-order valence-corrected chi connectivity index (χ1v) is 7.06. The summed E-state index contributed by atoms with van der Waals surface area (Å²) in [5.41, 5.74) is 3.46. The van der Waals surface area contributed by atoms with Crippen LogP contribution >= 0.6 is 0 Å². The van der Waals surface area contributed by atoms with Gasteiger partial charge in [-0.2, -0.15) is 0 Å². The van der Waals surface area contributed by atoms with Crippen LogP contribution in [0, 0.1) is 0 Å². The van der Waals surface area contributed by atoms with E-state index in [2.05, 4.69) is 5.32 Å². The molecule has 114 valence electrons. The minimum atomic E-state index is -0.589. The molecule has 2 aromatic carbocycles. The van der Waals surface area contributed by atoms with Crippen LogP contribution in [0.25, 0.3) is 0 Å². The maximum Gasteiger partial charge on any atom is 0.274 e. The lowest BCUT2D eigenvalue weighted by Crippen LogP contribution is -2.21. The van der Waals surface area contributed by atoms with Crippen LogP contribution in [0.15, 0.2) is 54.6 Å². The predicted octanol–water partition coefficient (Wildman–Crippen LogP) is 2.94. The Labute approximate surface area is 128 Å². The molecule has 0 aliphatic rings. The summed E-state index contributed by atoms with van der Waals surface area (Å²) in [6.45, 7) is 1.96. The van der Waals surface area contributed by atoms with Gasteiger partial charge in [-0.15, -0.1) is 0 Å². The number of carbonyl (C=O) groups is 2. The highest BCUT2D eigenvalue weighted by Gasteiger charge is 2.18. The van der Waals surface area contributed by atoms with E-state index in [1.165, 1.54) is 12.1 Å². The van der Waals surface area contributed by atoms with Gasteiger partial charge in [0.25, 0.3) is 5.91 Å². The number of benzene rings is 2. The summed E-state index contributed by atoms with van der Waals surface area (Å²) in [7, 11) is 0. The first-order valence-electron chi connectivity index (χ1n) is 7.06. The van der Waals surface area contributed by atoms with Crippen molar-refractivity contribution in [2.75, 3.05) is 5.32 Å². The van der Waals surface area contributed by atoms with Crippen LogP contribution < -0.4 is 10.8 Å². The molecule has 2 aromatic rings. The van der Waals surface area contributed by atoms with E-state index in [1.54, 1.807) is 17.6 Å². The van der Waals surface area contributed by atoms with E-state index in [9.17, 15) is 9.59 Å². The molecule has 5 nitrogen and oxygen atoms in total. The van der Waals surface area contributed by atoms with Crippen molar-refractivity contribution in [2.45, 2.75) is 19.3 Å². The SMILES string of the molecule is CC[C@H](C(=O)Nc1ccc(C(=O)NO)cc1)c1ccccc1. The second-order valence-electron chi connectivity index (χ2n) is 4.88. The van der Waals surface area contributed by atoms with E-state index in [0.717, 1.165) is 5.56 Å². The van der Waals surface area contributed by atoms with Gasteiger partial charge in [-0.3, -0.25) is 14.8 Å². The van der Waals surface area contributed by atoms with E-state index in [1.807, 2.05) is 37.3 Å². The maximum atomic E-state index is 12.4. The van der Waals surface area contributed by atoms with Crippen molar-refractivity contribution >= 4 is 17.5 Å². The van der Waals surface area contributed by atoms with E-state index >= 15 is 0 Å². The summed E-state index contributed by atoms with van der Waals surface area (Å²) in [4.78, 5) is 23.6. The highest BCUT2D eigenvalue weighted by molar-refractivity contribution is 5.97. The standard InChI is InChI=1S/C17H18N2O3/c1-2-15(12-6-4-3-5-7-12)17(21)18-14-10-8-13(9-11-14)16(20)19-22/h3-11,15,22H,2H2,1H3,(H,18,21)(H,19,20)/t15-/m0/s1. The Morgan fingerprint density at radius 1 is 1.05 bits per heavy atom. The summed E-state index contributed by atoms with van der Waals surface area (Å²) in [6.07, 6.45) is 0.695. The number of carbonyl (C=O) groups excluding carboxylic acids is 2. The fraction of sp³-hybridized carbons (Fsp3) is 0.176. The van der Waals surface area contributed by atoms with Crippen LogP contribution in [0.5, 0.6) is 0 Å². The van der Waals surface area contributed by atoms with Crippen LogP contribution in [0.1, 0.15) is 35.2 Å². The van der Waals surface area contributed by atoms with Gasteiger partial charge in [0.15, 0.2) is 0 Å². The molecule has 2 rings (SSSR count). The van der Waals surface area contributed by atoms with E-state index in [4.69, 9.17) is 5.21 Å². The molecule has 0 unspecified atom stereocenters. The Morgan fingerprint density at radius 2 is 1.68 bits per heavy atom. The Balaban J connectivity index is 2.09. The molecule has 2 amide bonds. The van der Waals surface area contributed by atoms with Gasteiger partial charge >= 0.3 is 0 Å². The van der Waals surface area contributed by atoms with Gasteiger partial charge in [-0.25, -0.2) is 5.48 Å². The number of hydroxylamine groups is 1. The average molecular weight is 298 g/mol. The predicted molar refractivity (Wildman–Crippen MR) is 83.8 cm³/mol. The molecule has 0 aromatic heterocycles. The minimum Gasteiger partial charge on any atom is -0.326 e. The van der Waals surface area contributed by atoms with Gasteiger partial charge in [-0.1, -0.05) is 37.3 Å². The molecule has 0 fully saturated rings. The molecular formula is C17H18N2O3. The molecule has 0 saturated carbocycles. The second-order valence-corrected chi connectivity index (χ2v) is 4.88. The summed E-state index contributed by atoms with van der Waals surface area (Å²) in [5.74, 6) is -0.900. The Bertz CT molecular complexity index is 639. The zero-order chi connectivity index (χ0) is 15.9. The average Bonchev–Trinajstić information content (AvgIpc) is 2.56. The van der Waals surface area contributed by atoms with Crippen molar-refractivity contribution in [2.24, 2.45) is 0 Å². The van der Waals surface area contributed by atoms with Crippen molar-refractivity contribution in [3.63, 3.8) is 0 Å². The number of rotatable bonds is 5. The summed E-state index contributed by atoms with van der Waals surface area (Å²) >= 11 is 0. The lowest BCUT2D eigenvalue weighted by molar-refractivity contribution is -0.117. The Morgan fingerprint density at radius 3 is 2.23 bits per heavy atom. The van der Waals surface area contributed by atoms with Crippen LogP contribution in [0.2, 0.25) is 0 Å². The molecule has 0 radical (unpaired) electrons. The molecule has 22 heavy (non-hydrogen) atoms.